The maximum atomic E-state index is 11.3. The maximum absolute atomic E-state index is 11.3. The van der Waals surface area contributed by atoms with Crippen LogP contribution >= 0.6 is 27.5 Å². The van der Waals surface area contributed by atoms with Crippen LogP contribution in [0.15, 0.2) is 22.7 Å². The van der Waals surface area contributed by atoms with E-state index in [1.807, 2.05) is 23.1 Å². The second-order valence-electron chi connectivity index (χ2n) is 4.95. The van der Waals surface area contributed by atoms with E-state index in [0.29, 0.717) is 18.0 Å². The molecule has 1 heterocycles. The minimum Gasteiger partial charge on any atom is -0.379 e. The normalized spacial score (nSPS) is 24.4. The van der Waals surface area contributed by atoms with Crippen LogP contribution in [0.2, 0.25) is 5.02 Å². The third kappa shape index (κ3) is 3.48. The molecule has 1 amide bonds. The number of benzene rings is 1. The van der Waals surface area contributed by atoms with Crippen LogP contribution in [0.5, 0.6) is 0 Å². The van der Waals surface area contributed by atoms with Gasteiger partial charge in [0.25, 0.3) is 5.91 Å². The van der Waals surface area contributed by atoms with Gasteiger partial charge in [0.15, 0.2) is 5.60 Å². The summed E-state index contributed by atoms with van der Waals surface area (Å²) in [6.45, 7) is 1.76. The van der Waals surface area contributed by atoms with Crippen LogP contribution in [0.3, 0.4) is 0 Å². The molecule has 1 fully saturated rings. The Hall–Kier alpha value is -0.620. The Bertz CT molecular complexity index is 498. The van der Waals surface area contributed by atoms with Crippen molar-refractivity contribution in [1.82, 2.24) is 4.90 Å². The number of hydrogen-bond acceptors (Lipinski definition) is 3. The summed E-state index contributed by atoms with van der Waals surface area (Å²) in [5.74, 6) is -0.646. The molecule has 0 saturated carbocycles. The number of amides is 1. The lowest BCUT2D eigenvalue weighted by Gasteiger charge is -2.37. The molecule has 104 valence electrons. The molecule has 1 aliphatic heterocycles. The molecule has 1 saturated heterocycles. The summed E-state index contributed by atoms with van der Waals surface area (Å²) in [5.41, 5.74) is 4.93. The number of likely N-dealkylation sites (tertiary alicyclic amines) is 1. The molecule has 0 aromatic heterocycles. The third-order valence-electron chi connectivity index (χ3n) is 3.42. The summed E-state index contributed by atoms with van der Waals surface area (Å²) >= 11 is 9.37. The zero-order valence-electron chi connectivity index (χ0n) is 10.4. The van der Waals surface area contributed by atoms with Gasteiger partial charge in [-0.2, -0.15) is 0 Å². The topological polar surface area (TPSA) is 66.6 Å². The number of nitrogens with two attached hydrogens (primary N) is 1. The van der Waals surface area contributed by atoms with Gasteiger partial charge in [-0.15, -0.1) is 0 Å². The first-order valence-corrected chi connectivity index (χ1v) is 7.26. The summed E-state index contributed by atoms with van der Waals surface area (Å²) in [5, 5.41) is 10.8. The number of hydrogen-bond donors (Lipinski definition) is 2. The standard InChI is InChI=1S/C13H16BrClN2O2/c14-11-6-10(15)3-2-9(11)7-17-5-1-4-13(19,8-17)12(16)18/h2-3,6,19H,1,4-5,7-8H2,(H2,16,18)/t13-/m0/s1. The molecule has 1 aromatic carbocycles. The molecule has 1 aromatic rings. The fourth-order valence-corrected chi connectivity index (χ4v) is 3.16. The van der Waals surface area contributed by atoms with Gasteiger partial charge in [-0.25, -0.2) is 0 Å². The number of primary amides is 1. The molecule has 3 N–H and O–H groups in total. The number of piperidine rings is 1. The first kappa shape index (κ1) is 14.8. The highest BCUT2D eigenvalue weighted by Crippen LogP contribution is 2.26. The Morgan fingerprint density at radius 2 is 2.32 bits per heavy atom. The van der Waals surface area contributed by atoms with Gasteiger partial charge in [0.2, 0.25) is 0 Å². The first-order valence-electron chi connectivity index (χ1n) is 6.09. The predicted molar refractivity (Wildman–Crippen MR) is 77.8 cm³/mol. The van der Waals surface area contributed by atoms with Crippen molar-refractivity contribution in [3.8, 4) is 0 Å². The van der Waals surface area contributed by atoms with Crippen molar-refractivity contribution >= 4 is 33.4 Å². The van der Waals surface area contributed by atoms with Gasteiger partial charge in [0, 0.05) is 22.6 Å². The Balaban J connectivity index is 2.09. The van der Waals surface area contributed by atoms with Crippen LogP contribution < -0.4 is 5.73 Å². The second-order valence-corrected chi connectivity index (χ2v) is 6.24. The van der Waals surface area contributed by atoms with Crippen molar-refractivity contribution in [3.63, 3.8) is 0 Å². The summed E-state index contributed by atoms with van der Waals surface area (Å²) < 4.78 is 0.924. The molecule has 0 bridgehead atoms. The molecule has 2 rings (SSSR count). The van der Waals surface area contributed by atoms with E-state index in [-0.39, 0.29) is 6.54 Å². The zero-order valence-corrected chi connectivity index (χ0v) is 12.7. The van der Waals surface area contributed by atoms with Gasteiger partial charge in [-0.05, 0) is 37.1 Å². The molecule has 0 radical (unpaired) electrons. The lowest BCUT2D eigenvalue weighted by Crippen LogP contribution is -2.55. The number of nitrogens with zero attached hydrogens (tertiary/aromatic N) is 1. The number of β-amino-alcohol motifs (C(OH)–C–C–N with tert-alkyl or cyclic N) is 1. The monoisotopic (exact) mass is 346 g/mol. The number of aliphatic hydroxyl groups is 1. The van der Waals surface area contributed by atoms with E-state index in [4.69, 9.17) is 17.3 Å². The molecule has 0 spiro atoms. The molecule has 1 aliphatic rings. The zero-order chi connectivity index (χ0) is 14.0. The fourth-order valence-electron chi connectivity index (χ4n) is 2.35. The largest absolute Gasteiger partial charge is 0.379 e. The molecule has 0 aliphatic carbocycles. The Kier molecular flexibility index (Phi) is 4.50. The van der Waals surface area contributed by atoms with Crippen molar-refractivity contribution in [3.05, 3.63) is 33.3 Å². The minimum absolute atomic E-state index is 0.275. The van der Waals surface area contributed by atoms with Crippen molar-refractivity contribution in [2.75, 3.05) is 13.1 Å². The molecular formula is C13H16BrClN2O2. The van der Waals surface area contributed by atoms with E-state index >= 15 is 0 Å². The van der Waals surface area contributed by atoms with E-state index in [1.54, 1.807) is 0 Å². The highest BCUT2D eigenvalue weighted by Gasteiger charge is 2.38. The summed E-state index contributed by atoms with van der Waals surface area (Å²) in [6.07, 6.45) is 1.19. The summed E-state index contributed by atoms with van der Waals surface area (Å²) in [6, 6.07) is 5.59. The van der Waals surface area contributed by atoms with Gasteiger partial charge >= 0.3 is 0 Å². The van der Waals surface area contributed by atoms with Crippen LogP contribution in [-0.4, -0.2) is 34.6 Å². The number of carbonyl (C=O) groups excluding carboxylic acids is 1. The quantitative estimate of drug-likeness (QED) is 0.878. The SMILES string of the molecule is NC(=O)[C@]1(O)CCCN(Cc2ccc(Cl)cc2Br)C1. The average Bonchev–Trinajstić information content (AvgIpc) is 2.33. The molecule has 6 heteroatoms. The van der Waals surface area contributed by atoms with Gasteiger partial charge in [0.05, 0.1) is 0 Å². The van der Waals surface area contributed by atoms with E-state index in [2.05, 4.69) is 15.9 Å². The van der Waals surface area contributed by atoms with Crippen LogP contribution in [-0.2, 0) is 11.3 Å². The van der Waals surface area contributed by atoms with Gasteiger partial charge in [0.1, 0.15) is 0 Å². The average molecular weight is 348 g/mol. The first-order chi connectivity index (χ1) is 8.90. The molecular weight excluding hydrogens is 332 g/mol. The Labute approximate surface area is 125 Å². The molecule has 4 nitrogen and oxygen atoms in total. The van der Waals surface area contributed by atoms with Gasteiger partial charge in [-0.1, -0.05) is 33.6 Å². The van der Waals surface area contributed by atoms with Gasteiger partial charge in [-0.3, -0.25) is 9.69 Å². The van der Waals surface area contributed by atoms with E-state index < -0.39 is 11.5 Å². The summed E-state index contributed by atoms with van der Waals surface area (Å²) in [7, 11) is 0. The second kappa shape index (κ2) is 5.79. The van der Waals surface area contributed by atoms with Crippen LogP contribution in [0.25, 0.3) is 0 Å². The molecule has 19 heavy (non-hydrogen) atoms. The number of rotatable bonds is 3. The smallest absolute Gasteiger partial charge is 0.250 e. The van der Waals surface area contributed by atoms with Crippen LogP contribution in [0, 0.1) is 0 Å². The molecule has 1 atom stereocenters. The van der Waals surface area contributed by atoms with E-state index in [9.17, 15) is 9.90 Å². The van der Waals surface area contributed by atoms with Crippen molar-refractivity contribution < 1.29 is 9.90 Å². The lowest BCUT2D eigenvalue weighted by molar-refractivity contribution is -0.142. The highest BCUT2D eigenvalue weighted by molar-refractivity contribution is 9.10. The Morgan fingerprint density at radius 3 is 2.95 bits per heavy atom. The van der Waals surface area contributed by atoms with Crippen molar-refractivity contribution in [1.29, 1.82) is 0 Å². The van der Waals surface area contributed by atoms with Crippen LogP contribution in [0.1, 0.15) is 18.4 Å². The van der Waals surface area contributed by atoms with E-state index in [1.165, 1.54) is 0 Å². The fraction of sp³-hybridized carbons (Fsp3) is 0.462. The van der Waals surface area contributed by atoms with Crippen molar-refractivity contribution in [2.24, 2.45) is 5.73 Å². The van der Waals surface area contributed by atoms with Crippen LogP contribution in [0.4, 0.5) is 0 Å². The van der Waals surface area contributed by atoms with Crippen molar-refractivity contribution in [2.45, 2.75) is 25.0 Å². The minimum atomic E-state index is -1.41. The Morgan fingerprint density at radius 1 is 1.58 bits per heavy atom. The third-order valence-corrected chi connectivity index (χ3v) is 4.39. The number of halogens is 2. The lowest BCUT2D eigenvalue weighted by atomic mass is 9.92. The van der Waals surface area contributed by atoms with Gasteiger partial charge < -0.3 is 10.8 Å². The highest BCUT2D eigenvalue weighted by atomic mass is 79.9. The predicted octanol–water partition coefficient (Wildman–Crippen LogP) is 1.91. The number of carbonyl (C=O) groups is 1. The maximum Gasteiger partial charge on any atom is 0.250 e. The molecule has 0 unspecified atom stereocenters. The van der Waals surface area contributed by atoms with E-state index in [0.717, 1.165) is 23.0 Å². The summed E-state index contributed by atoms with van der Waals surface area (Å²) in [4.78, 5) is 13.3.